The van der Waals surface area contributed by atoms with Crippen LogP contribution in [0.4, 0.5) is 13.2 Å². The molecule has 0 aliphatic carbocycles. The smallest absolute Gasteiger partial charge is 0.416 e. The minimum Gasteiger partial charge on any atom is -0.478 e. The number of carbonyl (C=O) groups is 1. The zero-order chi connectivity index (χ0) is 14.6. The molecular weight excluding hydrogens is 277 g/mol. The van der Waals surface area contributed by atoms with Crippen molar-refractivity contribution in [2.24, 2.45) is 5.92 Å². The van der Waals surface area contributed by atoms with Crippen molar-refractivity contribution >= 4 is 17.7 Å². The maximum Gasteiger partial charge on any atom is 0.416 e. The lowest BCUT2D eigenvalue weighted by Gasteiger charge is -2.11. The second-order valence-corrected chi connectivity index (χ2v) is 5.68. The van der Waals surface area contributed by atoms with Gasteiger partial charge in [0.25, 0.3) is 0 Å². The fraction of sp³-hybridized carbons (Fsp3) is 0.462. The van der Waals surface area contributed by atoms with E-state index in [1.165, 1.54) is 17.8 Å². The normalized spacial score (nSPS) is 11.9. The Labute approximate surface area is 114 Å². The highest BCUT2D eigenvalue weighted by Crippen LogP contribution is 2.33. The molecule has 19 heavy (non-hydrogen) atoms. The second kappa shape index (κ2) is 6.32. The van der Waals surface area contributed by atoms with E-state index in [4.69, 9.17) is 5.11 Å². The van der Waals surface area contributed by atoms with Crippen molar-refractivity contribution in [1.29, 1.82) is 0 Å². The highest BCUT2D eigenvalue weighted by atomic mass is 32.2. The van der Waals surface area contributed by atoms with Crippen LogP contribution in [0.25, 0.3) is 0 Å². The first-order valence-electron chi connectivity index (χ1n) is 5.79. The van der Waals surface area contributed by atoms with E-state index in [1.54, 1.807) is 0 Å². The van der Waals surface area contributed by atoms with Gasteiger partial charge >= 0.3 is 12.1 Å². The maximum absolute atomic E-state index is 12.5. The minimum absolute atomic E-state index is 0.288. The van der Waals surface area contributed by atoms with Crippen molar-refractivity contribution in [2.45, 2.75) is 31.3 Å². The summed E-state index contributed by atoms with van der Waals surface area (Å²) in [7, 11) is 0. The summed E-state index contributed by atoms with van der Waals surface area (Å²) in [5.74, 6) is -0.183. The van der Waals surface area contributed by atoms with E-state index < -0.39 is 17.7 Å². The highest BCUT2D eigenvalue weighted by molar-refractivity contribution is 7.99. The van der Waals surface area contributed by atoms with Gasteiger partial charge in [-0.05, 0) is 36.3 Å². The zero-order valence-corrected chi connectivity index (χ0v) is 11.4. The average molecular weight is 292 g/mol. The van der Waals surface area contributed by atoms with Gasteiger partial charge in [-0.2, -0.15) is 13.2 Å². The van der Waals surface area contributed by atoms with Crippen molar-refractivity contribution in [3.05, 3.63) is 29.3 Å². The zero-order valence-electron chi connectivity index (χ0n) is 10.6. The van der Waals surface area contributed by atoms with Crippen LogP contribution in [-0.2, 0) is 6.18 Å². The van der Waals surface area contributed by atoms with E-state index in [1.807, 2.05) is 13.8 Å². The predicted octanol–water partition coefficient (Wildman–Crippen LogP) is 4.54. The summed E-state index contributed by atoms with van der Waals surface area (Å²) in [5.41, 5.74) is -1.22. The Balaban J connectivity index is 2.96. The lowest BCUT2D eigenvalue weighted by molar-refractivity contribution is -0.137. The largest absolute Gasteiger partial charge is 0.478 e. The summed E-state index contributed by atoms with van der Waals surface area (Å²) < 4.78 is 37.6. The van der Waals surface area contributed by atoms with Gasteiger partial charge in [-0.3, -0.25) is 0 Å². The number of carboxylic acid groups (broad SMARTS) is 1. The van der Waals surface area contributed by atoms with Gasteiger partial charge in [0, 0.05) is 4.90 Å². The fourth-order valence-corrected chi connectivity index (χ4v) is 2.68. The topological polar surface area (TPSA) is 37.3 Å². The van der Waals surface area contributed by atoms with Crippen LogP contribution in [0, 0.1) is 5.92 Å². The molecule has 0 amide bonds. The molecule has 0 atom stereocenters. The maximum atomic E-state index is 12.5. The number of thioether (sulfide) groups is 1. The quantitative estimate of drug-likeness (QED) is 0.809. The SMILES string of the molecule is CC(C)CCSc1ccc(C(F)(F)F)cc1C(=O)O. The molecule has 0 spiro atoms. The van der Waals surface area contributed by atoms with E-state index in [-0.39, 0.29) is 5.56 Å². The Morgan fingerprint density at radius 2 is 2.00 bits per heavy atom. The van der Waals surface area contributed by atoms with E-state index in [0.29, 0.717) is 22.6 Å². The van der Waals surface area contributed by atoms with E-state index in [9.17, 15) is 18.0 Å². The van der Waals surface area contributed by atoms with Crippen molar-refractivity contribution in [3.8, 4) is 0 Å². The molecule has 0 fully saturated rings. The lowest BCUT2D eigenvalue weighted by Crippen LogP contribution is -2.08. The first-order chi connectivity index (χ1) is 8.71. The molecule has 0 saturated carbocycles. The Kier molecular flexibility index (Phi) is 5.29. The number of alkyl halides is 3. The summed E-state index contributed by atoms with van der Waals surface area (Å²) in [5, 5.41) is 8.98. The molecule has 0 saturated heterocycles. The minimum atomic E-state index is -4.52. The van der Waals surface area contributed by atoms with Crippen molar-refractivity contribution in [2.75, 3.05) is 5.75 Å². The van der Waals surface area contributed by atoms with Crippen LogP contribution in [0.2, 0.25) is 0 Å². The monoisotopic (exact) mass is 292 g/mol. The van der Waals surface area contributed by atoms with Gasteiger partial charge in [0.2, 0.25) is 0 Å². The third-order valence-corrected chi connectivity index (χ3v) is 3.60. The van der Waals surface area contributed by atoms with Crippen LogP contribution in [0.1, 0.15) is 36.2 Å². The summed E-state index contributed by atoms with van der Waals surface area (Å²) in [4.78, 5) is 11.4. The molecule has 0 heterocycles. The molecular formula is C13H15F3O2S. The van der Waals surface area contributed by atoms with Crippen molar-refractivity contribution in [1.82, 2.24) is 0 Å². The van der Waals surface area contributed by atoms with Crippen molar-refractivity contribution < 1.29 is 23.1 Å². The Bertz CT molecular complexity index is 456. The molecule has 1 aromatic carbocycles. The summed E-state index contributed by atoms with van der Waals surface area (Å²) in [6, 6.07) is 2.85. The number of carboxylic acids is 1. The molecule has 0 unspecified atom stereocenters. The van der Waals surface area contributed by atoms with Crippen LogP contribution in [-0.4, -0.2) is 16.8 Å². The molecule has 1 rings (SSSR count). The van der Waals surface area contributed by atoms with Gasteiger partial charge < -0.3 is 5.11 Å². The summed E-state index contributed by atoms with van der Waals surface area (Å²) in [6.07, 6.45) is -3.64. The van der Waals surface area contributed by atoms with E-state index in [2.05, 4.69) is 0 Å². The van der Waals surface area contributed by atoms with Crippen LogP contribution in [0.3, 0.4) is 0 Å². The van der Waals surface area contributed by atoms with Crippen LogP contribution >= 0.6 is 11.8 Å². The van der Waals surface area contributed by atoms with Gasteiger partial charge in [-0.1, -0.05) is 13.8 Å². The molecule has 6 heteroatoms. The number of benzene rings is 1. The fourth-order valence-electron chi connectivity index (χ4n) is 1.40. The van der Waals surface area contributed by atoms with Crippen LogP contribution in [0.5, 0.6) is 0 Å². The number of hydrogen-bond acceptors (Lipinski definition) is 2. The number of rotatable bonds is 5. The molecule has 0 aliphatic heterocycles. The first kappa shape index (κ1) is 15.9. The van der Waals surface area contributed by atoms with E-state index in [0.717, 1.165) is 12.5 Å². The third kappa shape index (κ3) is 4.78. The van der Waals surface area contributed by atoms with E-state index >= 15 is 0 Å². The molecule has 0 aromatic heterocycles. The lowest BCUT2D eigenvalue weighted by atomic mass is 10.1. The Morgan fingerprint density at radius 1 is 1.37 bits per heavy atom. The second-order valence-electron chi connectivity index (χ2n) is 4.54. The third-order valence-electron chi connectivity index (χ3n) is 2.49. The average Bonchev–Trinajstić information content (AvgIpc) is 2.27. The molecule has 1 N–H and O–H groups in total. The number of halogens is 3. The Morgan fingerprint density at radius 3 is 2.47 bits per heavy atom. The van der Waals surface area contributed by atoms with Gasteiger partial charge in [0.15, 0.2) is 0 Å². The standard InChI is InChI=1S/C13H15F3O2S/c1-8(2)5-6-19-11-4-3-9(13(14,15)16)7-10(11)12(17)18/h3-4,7-8H,5-6H2,1-2H3,(H,17,18). The molecule has 106 valence electrons. The molecule has 0 aliphatic rings. The van der Waals surface area contributed by atoms with Crippen LogP contribution in [0.15, 0.2) is 23.1 Å². The molecule has 0 radical (unpaired) electrons. The van der Waals surface area contributed by atoms with Crippen molar-refractivity contribution in [3.63, 3.8) is 0 Å². The van der Waals surface area contributed by atoms with Crippen LogP contribution < -0.4 is 0 Å². The van der Waals surface area contributed by atoms with Gasteiger partial charge in [-0.15, -0.1) is 11.8 Å². The number of hydrogen-bond donors (Lipinski definition) is 1. The van der Waals surface area contributed by atoms with Gasteiger partial charge in [0.1, 0.15) is 0 Å². The molecule has 1 aromatic rings. The Hall–Kier alpha value is -1.17. The van der Waals surface area contributed by atoms with Gasteiger partial charge in [-0.25, -0.2) is 4.79 Å². The predicted molar refractivity (Wildman–Crippen MR) is 68.6 cm³/mol. The summed E-state index contributed by atoms with van der Waals surface area (Å²) >= 11 is 1.27. The first-order valence-corrected chi connectivity index (χ1v) is 6.77. The molecule has 2 nitrogen and oxygen atoms in total. The van der Waals surface area contributed by atoms with Gasteiger partial charge in [0.05, 0.1) is 11.1 Å². The molecule has 0 bridgehead atoms. The highest BCUT2D eigenvalue weighted by Gasteiger charge is 2.31. The summed E-state index contributed by atoms with van der Waals surface area (Å²) in [6.45, 7) is 4.07. The number of aromatic carboxylic acids is 1.